The predicted molar refractivity (Wildman–Crippen MR) is 150 cm³/mol. The Morgan fingerprint density at radius 3 is 2.45 bits per heavy atom. The average molecular weight is 544 g/mol. The van der Waals surface area contributed by atoms with Crippen molar-refractivity contribution in [1.82, 2.24) is 5.32 Å². The zero-order valence-electron chi connectivity index (χ0n) is 22.4. The molecule has 10 heteroatoms. The van der Waals surface area contributed by atoms with Crippen LogP contribution in [-0.4, -0.2) is 44.1 Å². The van der Waals surface area contributed by atoms with Gasteiger partial charge in [0.05, 0.1) is 19.4 Å². The van der Waals surface area contributed by atoms with E-state index < -0.39 is 17.8 Å². The lowest BCUT2D eigenvalue weighted by Gasteiger charge is -2.27. The molecule has 0 aromatic heterocycles. The van der Waals surface area contributed by atoms with Gasteiger partial charge in [0.25, 0.3) is 17.7 Å². The zero-order valence-corrected chi connectivity index (χ0v) is 22.4. The second-order valence-electron chi connectivity index (χ2n) is 8.92. The molecular formula is C30H29N3O7. The number of ether oxygens (including phenoxy) is 3. The van der Waals surface area contributed by atoms with E-state index in [0.29, 0.717) is 35.1 Å². The first-order chi connectivity index (χ1) is 19.3. The molecule has 0 atom stereocenters. The molecule has 10 nitrogen and oxygen atoms in total. The van der Waals surface area contributed by atoms with Gasteiger partial charge in [0.1, 0.15) is 11.3 Å². The number of carbonyl (C=O) groups excluding carboxylic acids is 4. The van der Waals surface area contributed by atoms with E-state index in [0.717, 1.165) is 16.9 Å². The van der Waals surface area contributed by atoms with Gasteiger partial charge in [-0.05, 0) is 66.9 Å². The number of hydrogen-bond donors (Lipinski definition) is 2. The molecule has 1 heterocycles. The van der Waals surface area contributed by atoms with Crippen LogP contribution < -0.4 is 29.7 Å². The topological polar surface area (TPSA) is 123 Å². The molecule has 3 aromatic carbocycles. The maximum atomic E-state index is 13.3. The van der Waals surface area contributed by atoms with Crippen LogP contribution in [0, 0.1) is 6.92 Å². The van der Waals surface area contributed by atoms with E-state index in [2.05, 4.69) is 10.6 Å². The summed E-state index contributed by atoms with van der Waals surface area (Å²) in [6, 6.07) is 17.7. The number of urea groups is 1. The first-order valence-electron chi connectivity index (χ1n) is 12.6. The van der Waals surface area contributed by atoms with Crippen LogP contribution in [0.2, 0.25) is 0 Å². The molecule has 1 aliphatic rings. The number of barbiturate groups is 1. The van der Waals surface area contributed by atoms with Gasteiger partial charge >= 0.3 is 6.03 Å². The monoisotopic (exact) mass is 543 g/mol. The van der Waals surface area contributed by atoms with Gasteiger partial charge < -0.3 is 19.5 Å². The third kappa shape index (κ3) is 6.65. The smallest absolute Gasteiger partial charge is 0.335 e. The molecule has 0 radical (unpaired) electrons. The van der Waals surface area contributed by atoms with Crippen molar-refractivity contribution >= 4 is 41.2 Å². The molecule has 1 saturated heterocycles. The Labute approximate surface area is 231 Å². The summed E-state index contributed by atoms with van der Waals surface area (Å²) in [4.78, 5) is 51.5. The molecule has 0 spiro atoms. The highest BCUT2D eigenvalue weighted by Crippen LogP contribution is 2.33. The highest BCUT2D eigenvalue weighted by Gasteiger charge is 2.37. The Hall–Kier alpha value is -5.12. The van der Waals surface area contributed by atoms with E-state index in [1.165, 1.54) is 19.3 Å². The number of hydrogen-bond acceptors (Lipinski definition) is 7. The normalized spacial score (nSPS) is 14.1. The number of carbonyl (C=O) groups is 4. The van der Waals surface area contributed by atoms with E-state index >= 15 is 0 Å². The Morgan fingerprint density at radius 2 is 1.75 bits per heavy atom. The summed E-state index contributed by atoms with van der Waals surface area (Å²) in [5.41, 5.74) is 2.21. The lowest BCUT2D eigenvalue weighted by molar-refractivity contribution is -0.122. The molecule has 3 aromatic rings. The number of aryl methyl sites for hydroxylation is 1. The fraction of sp³-hybridized carbons (Fsp3) is 0.200. The van der Waals surface area contributed by atoms with Gasteiger partial charge in [-0.1, -0.05) is 31.2 Å². The Kier molecular flexibility index (Phi) is 8.80. The summed E-state index contributed by atoms with van der Waals surface area (Å²) in [6.45, 7) is 4.18. The molecule has 1 aliphatic heterocycles. The minimum atomic E-state index is -0.871. The summed E-state index contributed by atoms with van der Waals surface area (Å²) in [5, 5.41) is 4.97. The molecule has 1 fully saturated rings. The number of anilines is 2. The largest absolute Gasteiger partial charge is 0.493 e. The van der Waals surface area contributed by atoms with Crippen molar-refractivity contribution < 1.29 is 33.4 Å². The van der Waals surface area contributed by atoms with Crippen molar-refractivity contribution in [3.8, 4) is 17.2 Å². The molecule has 0 saturated carbocycles. The number of benzene rings is 3. The van der Waals surface area contributed by atoms with Gasteiger partial charge in [-0.3, -0.25) is 19.7 Å². The highest BCUT2D eigenvalue weighted by molar-refractivity contribution is 6.39. The van der Waals surface area contributed by atoms with Gasteiger partial charge in [0, 0.05) is 11.8 Å². The highest BCUT2D eigenvalue weighted by atomic mass is 16.5. The summed E-state index contributed by atoms with van der Waals surface area (Å²) in [7, 11) is 1.45. The Bertz CT molecular complexity index is 1460. The van der Waals surface area contributed by atoms with Gasteiger partial charge in [-0.25, -0.2) is 9.69 Å². The van der Waals surface area contributed by atoms with Crippen LogP contribution in [-0.2, 0) is 14.4 Å². The van der Waals surface area contributed by atoms with E-state index in [4.69, 9.17) is 14.2 Å². The fourth-order valence-corrected chi connectivity index (χ4v) is 3.91. The first kappa shape index (κ1) is 27.9. The van der Waals surface area contributed by atoms with Crippen LogP contribution in [0.25, 0.3) is 6.08 Å². The molecule has 0 bridgehead atoms. The second-order valence-corrected chi connectivity index (χ2v) is 8.92. The predicted octanol–water partition coefficient (Wildman–Crippen LogP) is 4.48. The van der Waals surface area contributed by atoms with Crippen LogP contribution in [0.15, 0.2) is 72.3 Å². The molecule has 4 rings (SSSR count). The van der Waals surface area contributed by atoms with Crippen LogP contribution in [0.3, 0.4) is 0 Å². The molecular weight excluding hydrogens is 514 g/mol. The van der Waals surface area contributed by atoms with Gasteiger partial charge in [-0.15, -0.1) is 0 Å². The van der Waals surface area contributed by atoms with Crippen molar-refractivity contribution in [2.45, 2.75) is 20.3 Å². The summed E-state index contributed by atoms with van der Waals surface area (Å²) in [5.74, 6) is -0.666. The lowest BCUT2D eigenvalue weighted by Crippen LogP contribution is -2.54. The molecule has 0 unspecified atom stereocenters. The molecule has 0 aliphatic carbocycles. The van der Waals surface area contributed by atoms with E-state index in [-0.39, 0.29) is 23.8 Å². The van der Waals surface area contributed by atoms with Gasteiger partial charge in [0.2, 0.25) is 0 Å². The van der Waals surface area contributed by atoms with Gasteiger partial charge in [-0.2, -0.15) is 0 Å². The van der Waals surface area contributed by atoms with Crippen LogP contribution in [0.5, 0.6) is 17.2 Å². The minimum absolute atomic E-state index is 0.196. The number of amides is 5. The van der Waals surface area contributed by atoms with Crippen molar-refractivity contribution in [3.63, 3.8) is 0 Å². The maximum Gasteiger partial charge on any atom is 0.335 e. The van der Waals surface area contributed by atoms with Crippen molar-refractivity contribution in [2.75, 3.05) is 30.5 Å². The molecule has 2 N–H and O–H groups in total. The first-order valence-corrected chi connectivity index (χ1v) is 12.6. The third-order valence-corrected chi connectivity index (χ3v) is 5.83. The zero-order chi connectivity index (χ0) is 28.6. The maximum absolute atomic E-state index is 13.3. The number of rotatable bonds is 10. The lowest BCUT2D eigenvalue weighted by atomic mass is 10.1. The Morgan fingerprint density at radius 1 is 0.975 bits per heavy atom. The van der Waals surface area contributed by atoms with Crippen LogP contribution in [0.1, 0.15) is 24.5 Å². The summed E-state index contributed by atoms with van der Waals surface area (Å²) >= 11 is 0. The Balaban J connectivity index is 1.45. The number of imide groups is 2. The molecule has 5 amide bonds. The van der Waals surface area contributed by atoms with E-state index in [9.17, 15) is 19.2 Å². The summed E-state index contributed by atoms with van der Waals surface area (Å²) < 4.78 is 16.5. The quantitative estimate of drug-likeness (QED) is 0.286. The number of methoxy groups -OCH3 is 1. The second kappa shape index (κ2) is 12.6. The summed E-state index contributed by atoms with van der Waals surface area (Å²) in [6.07, 6.45) is 2.17. The standard InChI is InChI=1S/C30H29N3O7/c1-4-14-39-25-13-10-22(17-26(25)38-3)33-29(36)24(28(35)32-30(33)37)16-20-8-11-23(12-9-20)40-18-27(34)31-21-7-5-6-19(2)15-21/h5-13,15-17H,4,14,18H2,1-3H3,(H,31,34)(H,32,35,37)/b24-16-. The minimum Gasteiger partial charge on any atom is -0.493 e. The third-order valence-electron chi connectivity index (χ3n) is 5.83. The number of nitrogens with one attached hydrogen (secondary N) is 2. The van der Waals surface area contributed by atoms with Crippen molar-refractivity contribution in [3.05, 3.63) is 83.4 Å². The molecule has 206 valence electrons. The van der Waals surface area contributed by atoms with E-state index in [1.807, 2.05) is 32.0 Å². The van der Waals surface area contributed by atoms with Crippen molar-refractivity contribution in [2.24, 2.45) is 0 Å². The average Bonchev–Trinajstić information content (AvgIpc) is 2.94. The van der Waals surface area contributed by atoms with Crippen LogP contribution >= 0.6 is 0 Å². The van der Waals surface area contributed by atoms with Crippen LogP contribution in [0.4, 0.5) is 16.2 Å². The fourth-order valence-electron chi connectivity index (χ4n) is 3.91. The molecule has 40 heavy (non-hydrogen) atoms. The van der Waals surface area contributed by atoms with E-state index in [1.54, 1.807) is 42.5 Å². The number of nitrogens with zero attached hydrogens (tertiary/aromatic N) is 1. The van der Waals surface area contributed by atoms with Gasteiger partial charge in [0.15, 0.2) is 18.1 Å². The SMILES string of the molecule is CCCOc1ccc(N2C(=O)NC(=O)/C(=C/c3ccc(OCC(=O)Nc4cccc(C)c4)cc3)C2=O)cc1OC. The van der Waals surface area contributed by atoms with Crippen molar-refractivity contribution in [1.29, 1.82) is 0 Å².